The van der Waals surface area contributed by atoms with Gasteiger partial charge in [-0.25, -0.2) is 0 Å². The van der Waals surface area contributed by atoms with Gasteiger partial charge < -0.3 is 9.30 Å². The molecule has 5 heteroatoms. The van der Waals surface area contributed by atoms with Gasteiger partial charge in [-0.15, -0.1) is 0 Å². The third kappa shape index (κ3) is 5.49. The number of esters is 1. The van der Waals surface area contributed by atoms with Crippen LogP contribution >= 0.6 is 7.14 Å². The molecule has 0 aliphatic heterocycles. The van der Waals surface area contributed by atoms with E-state index in [1.54, 1.807) is 24.3 Å². The number of hydrogen-bond donors (Lipinski definition) is 0. The van der Waals surface area contributed by atoms with Crippen molar-refractivity contribution < 1.29 is 18.9 Å². The highest BCUT2D eigenvalue weighted by molar-refractivity contribution is 7.87. The number of aryl methyl sites for hydroxylation is 2. The fraction of sp³-hybridized carbons (Fsp3) is 0.440. The van der Waals surface area contributed by atoms with Gasteiger partial charge in [0.1, 0.15) is 0 Å². The first-order valence-corrected chi connectivity index (χ1v) is 12.4. The quantitative estimate of drug-likeness (QED) is 0.378. The van der Waals surface area contributed by atoms with Gasteiger partial charge in [0.15, 0.2) is 7.14 Å². The second kappa shape index (κ2) is 10.2. The summed E-state index contributed by atoms with van der Waals surface area (Å²) in [4.78, 5) is 25.9. The lowest BCUT2D eigenvalue weighted by molar-refractivity contribution is -0.143. The number of ether oxygens (including phenoxy) is 1. The van der Waals surface area contributed by atoms with Crippen LogP contribution in [0.5, 0.6) is 0 Å². The van der Waals surface area contributed by atoms with Gasteiger partial charge in [-0.2, -0.15) is 0 Å². The summed E-state index contributed by atoms with van der Waals surface area (Å²) in [6.07, 6.45) is 0.711. The topological polar surface area (TPSA) is 60.4 Å². The predicted molar refractivity (Wildman–Crippen MR) is 123 cm³/mol. The predicted octanol–water partition coefficient (Wildman–Crippen LogP) is 5.73. The van der Waals surface area contributed by atoms with E-state index in [4.69, 9.17) is 4.74 Å². The summed E-state index contributed by atoms with van der Waals surface area (Å²) in [5.74, 6) is 0.0265. The van der Waals surface area contributed by atoms with Crippen molar-refractivity contribution in [3.8, 4) is 0 Å². The molecule has 0 saturated carbocycles. The normalized spacial score (nSPS) is 13.2. The molecule has 0 aliphatic rings. The zero-order valence-electron chi connectivity index (χ0n) is 19.0. The van der Waals surface area contributed by atoms with E-state index in [-0.39, 0.29) is 18.1 Å². The Morgan fingerprint density at radius 3 is 2.20 bits per heavy atom. The van der Waals surface area contributed by atoms with Crippen molar-refractivity contribution in [3.05, 3.63) is 64.2 Å². The minimum atomic E-state index is -3.52. The number of hydrogen-bond acceptors (Lipinski definition) is 4. The van der Waals surface area contributed by atoms with E-state index in [1.807, 2.05) is 39.8 Å². The lowest BCUT2D eigenvalue weighted by Crippen LogP contribution is -2.20. The fourth-order valence-corrected chi connectivity index (χ4v) is 6.09. The molecule has 0 radical (unpaired) electrons. The van der Waals surface area contributed by atoms with Crippen LogP contribution in [0.15, 0.2) is 36.4 Å². The van der Waals surface area contributed by atoms with Crippen LogP contribution < -0.4 is 5.30 Å². The largest absolute Gasteiger partial charge is 0.466 e. The Hall–Kier alpha value is -2.19. The zero-order chi connectivity index (χ0) is 22.5. The van der Waals surface area contributed by atoms with Crippen LogP contribution in [0.3, 0.4) is 0 Å². The van der Waals surface area contributed by atoms with Gasteiger partial charge in [0.2, 0.25) is 5.52 Å². The number of rotatable bonds is 9. The molecule has 1 unspecified atom stereocenters. The molecule has 0 amide bonds. The van der Waals surface area contributed by atoms with Crippen LogP contribution in [0.2, 0.25) is 0 Å². The molecule has 2 rings (SSSR count). The highest BCUT2D eigenvalue weighted by Gasteiger charge is 2.37. The van der Waals surface area contributed by atoms with Gasteiger partial charge in [-0.05, 0) is 62.3 Å². The first-order chi connectivity index (χ1) is 14.1. The Balaban J connectivity index is 2.37. The molecule has 0 aromatic heterocycles. The Bertz CT molecular complexity index is 961. The average molecular weight is 429 g/mol. The van der Waals surface area contributed by atoms with E-state index < -0.39 is 13.1 Å². The van der Waals surface area contributed by atoms with Crippen LogP contribution in [-0.4, -0.2) is 24.3 Å². The van der Waals surface area contributed by atoms with Crippen molar-refractivity contribution in [1.29, 1.82) is 0 Å². The van der Waals surface area contributed by atoms with Gasteiger partial charge in [0.25, 0.3) is 0 Å². The monoisotopic (exact) mass is 428 g/mol. The molecule has 162 valence electrons. The lowest BCUT2D eigenvalue weighted by Gasteiger charge is -2.21. The smallest absolute Gasteiger partial charge is 0.306 e. The van der Waals surface area contributed by atoms with Crippen LogP contribution in [0, 0.1) is 33.6 Å². The first kappa shape index (κ1) is 24.1. The standard InChI is InChI=1S/C25H33O4P/c1-17(2)12-14-29-23(26)13-15-30(28,22-10-8-7-9-11-22)25(27)24-19(4)16-18(3)20(5)21(24)6/h7-11,16-17H,12-15H2,1-6H3. The molecule has 0 heterocycles. The average Bonchev–Trinajstić information content (AvgIpc) is 2.70. The lowest BCUT2D eigenvalue weighted by atomic mass is 9.95. The summed E-state index contributed by atoms with van der Waals surface area (Å²) in [5.41, 5.74) is 3.94. The van der Waals surface area contributed by atoms with E-state index in [1.165, 1.54) is 0 Å². The Morgan fingerprint density at radius 1 is 0.967 bits per heavy atom. The molecular weight excluding hydrogens is 395 g/mol. The maximum atomic E-state index is 14.1. The van der Waals surface area contributed by atoms with Crippen molar-refractivity contribution in [2.75, 3.05) is 12.8 Å². The molecule has 0 spiro atoms. The summed E-state index contributed by atoms with van der Waals surface area (Å²) in [5, 5.41) is 0.488. The van der Waals surface area contributed by atoms with E-state index in [2.05, 4.69) is 13.8 Å². The third-order valence-electron chi connectivity index (χ3n) is 5.66. The molecule has 1 atom stereocenters. The minimum absolute atomic E-state index is 0.0256. The third-order valence-corrected chi connectivity index (χ3v) is 8.53. The molecule has 0 bridgehead atoms. The number of benzene rings is 2. The van der Waals surface area contributed by atoms with Gasteiger partial charge in [-0.1, -0.05) is 50.2 Å². The molecular formula is C25H33O4P. The van der Waals surface area contributed by atoms with Gasteiger partial charge in [0.05, 0.1) is 13.0 Å². The molecule has 4 nitrogen and oxygen atoms in total. The molecule has 0 fully saturated rings. The summed E-state index contributed by atoms with van der Waals surface area (Å²) < 4.78 is 19.4. The fourth-order valence-electron chi connectivity index (χ4n) is 3.54. The van der Waals surface area contributed by atoms with E-state index >= 15 is 0 Å². The van der Waals surface area contributed by atoms with Crippen molar-refractivity contribution >= 4 is 23.9 Å². The number of carbonyl (C=O) groups excluding carboxylic acids is 2. The SMILES string of the molecule is Cc1cc(C)c(C(=O)P(=O)(CCC(=O)OCCC(C)C)c2ccccc2)c(C)c1C. The highest BCUT2D eigenvalue weighted by atomic mass is 31.2. The zero-order valence-corrected chi connectivity index (χ0v) is 19.8. The maximum Gasteiger partial charge on any atom is 0.306 e. The van der Waals surface area contributed by atoms with Gasteiger partial charge in [0, 0.05) is 17.0 Å². The molecule has 0 saturated heterocycles. The molecule has 2 aromatic rings. The summed E-state index contributed by atoms with van der Waals surface area (Å²) in [7, 11) is -3.52. The minimum Gasteiger partial charge on any atom is -0.466 e. The number of carbonyl (C=O) groups is 2. The Labute approximate surface area is 180 Å². The maximum absolute atomic E-state index is 14.1. The van der Waals surface area contributed by atoms with Crippen LogP contribution in [0.4, 0.5) is 0 Å². The van der Waals surface area contributed by atoms with Crippen molar-refractivity contribution in [1.82, 2.24) is 0 Å². The summed E-state index contributed by atoms with van der Waals surface area (Å²) >= 11 is 0. The van der Waals surface area contributed by atoms with Crippen molar-refractivity contribution in [2.45, 2.75) is 54.4 Å². The highest BCUT2D eigenvalue weighted by Crippen LogP contribution is 2.49. The second-order valence-corrected chi connectivity index (χ2v) is 11.2. The molecule has 30 heavy (non-hydrogen) atoms. The summed E-state index contributed by atoms with van der Waals surface area (Å²) in [6, 6.07) is 10.8. The van der Waals surface area contributed by atoms with Crippen LogP contribution in [0.1, 0.15) is 59.3 Å². The Kier molecular flexibility index (Phi) is 8.20. The molecule has 0 N–H and O–H groups in total. The molecule has 0 aliphatic carbocycles. The van der Waals surface area contributed by atoms with Crippen molar-refractivity contribution in [3.63, 3.8) is 0 Å². The van der Waals surface area contributed by atoms with Gasteiger partial charge >= 0.3 is 5.97 Å². The molecule has 2 aromatic carbocycles. The van der Waals surface area contributed by atoms with E-state index in [0.717, 1.165) is 28.7 Å². The second-order valence-electron chi connectivity index (χ2n) is 8.39. The van der Waals surface area contributed by atoms with E-state index in [0.29, 0.717) is 23.4 Å². The van der Waals surface area contributed by atoms with Crippen molar-refractivity contribution in [2.24, 2.45) is 5.92 Å². The van der Waals surface area contributed by atoms with E-state index in [9.17, 15) is 14.2 Å². The van der Waals surface area contributed by atoms with Gasteiger partial charge in [-0.3, -0.25) is 9.59 Å². The Morgan fingerprint density at radius 2 is 1.60 bits per heavy atom. The van der Waals surface area contributed by atoms with Crippen LogP contribution in [0.25, 0.3) is 0 Å². The van der Waals surface area contributed by atoms with Crippen LogP contribution in [-0.2, 0) is 14.1 Å². The first-order valence-electron chi connectivity index (χ1n) is 10.5. The summed E-state index contributed by atoms with van der Waals surface area (Å²) in [6.45, 7) is 12.2.